The lowest BCUT2D eigenvalue weighted by atomic mass is 9.83. The summed E-state index contributed by atoms with van der Waals surface area (Å²) < 4.78 is 5.76. The maximum Gasteiger partial charge on any atom is 0.256 e. The first-order valence-electron chi connectivity index (χ1n) is 7.98. The molecule has 2 rings (SSSR count). The largest absolute Gasteiger partial charge is 0.437 e. The van der Waals surface area contributed by atoms with Crippen LogP contribution < -0.4 is 5.32 Å². The Labute approximate surface area is 127 Å². The third kappa shape index (κ3) is 4.01. The van der Waals surface area contributed by atoms with E-state index in [1.165, 1.54) is 32.1 Å². The van der Waals surface area contributed by atoms with E-state index >= 15 is 0 Å². The minimum atomic E-state index is 0.595. The summed E-state index contributed by atoms with van der Waals surface area (Å²) in [6.07, 6.45) is 6.60. The van der Waals surface area contributed by atoms with Crippen molar-refractivity contribution in [3.8, 4) is 0 Å². The molecule has 0 aliphatic heterocycles. The lowest BCUT2D eigenvalue weighted by molar-refractivity contribution is 0.288. The van der Waals surface area contributed by atoms with E-state index in [2.05, 4.69) is 24.1 Å². The highest BCUT2D eigenvalue weighted by molar-refractivity contribution is 7.99. The average molecular weight is 296 g/mol. The zero-order valence-corrected chi connectivity index (χ0v) is 14.1. The van der Waals surface area contributed by atoms with Crippen LogP contribution >= 0.6 is 11.8 Å². The zero-order valence-electron chi connectivity index (χ0n) is 13.2. The van der Waals surface area contributed by atoms with Gasteiger partial charge in [0.25, 0.3) is 5.22 Å². The summed E-state index contributed by atoms with van der Waals surface area (Å²) in [5, 5.41) is 5.10. The quantitative estimate of drug-likeness (QED) is 0.848. The van der Waals surface area contributed by atoms with Gasteiger partial charge in [-0.25, -0.2) is 4.98 Å². The van der Waals surface area contributed by atoms with Crippen LogP contribution in [-0.4, -0.2) is 22.8 Å². The SMILES string of the molecule is CCCC1CCC(NCC)C(Sc2nc(C)c(C)o2)C1. The van der Waals surface area contributed by atoms with Gasteiger partial charge >= 0.3 is 0 Å². The van der Waals surface area contributed by atoms with E-state index in [1.807, 2.05) is 25.6 Å². The first kappa shape index (κ1) is 15.9. The molecule has 3 atom stereocenters. The number of aromatic nitrogens is 1. The van der Waals surface area contributed by atoms with Gasteiger partial charge in [0.05, 0.1) is 5.69 Å². The van der Waals surface area contributed by atoms with Crippen LogP contribution in [-0.2, 0) is 0 Å². The van der Waals surface area contributed by atoms with Gasteiger partial charge < -0.3 is 9.73 Å². The van der Waals surface area contributed by atoms with Crippen molar-refractivity contribution in [2.24, 2.45) is 5.92 Å². The molecule has 0 spiro atoms. The van der Waals surface area contributed by atoms with Crippen LogP contribution in [0, 0.1) is 19.8 Å². The van der Waals surface area contributed by atoms with Crippen LogP contribution in [0.15, 0.2) is 9.64 Å². The topological polar surface area (TPSA) is 38.1 Å². The highest BCUT2D eigenvalue weighted by Gasteiger charge is 2.31. The molecule has 1 saturated carbocycles. The Kier molecular flexibility index (Phi) is 5.97. The van der Waals surface area contributed by atoms with Crippen LogP contribution in [0.1, 0.15) is 57.4 Å². The van der Waals surface area contributed by atoms with Crippen molar-refractivity contribution in [2.75, 3.05) is 6.54 Å². The standard InChI is InChI=1S/C16H28N2OS/c1-5-7-13-8-9-14(17-6-2)15(10-13)20-16-18-11(3)12(4)19-16/h13-15,17H,5-10H2,1-4H3. The molecule has 1 fully saturated rings. The number of thioether (sulfide) groups is 1. The Balaban J connectivity index is 2.02. The first-order valence-corrected chi connectivity index (χ1v) is 8.86. The van der Waals surface area contributed by atoms with E-state index in [0.29, 0.717) is 11.3 Å². The van der Waals surface area contributed by atoms with Gasteiger partial charge in [0, 0.05) is 11.3 Å². The van der Waals surface area contributed by atoms with E-state index in [-0.39, 0.29) is 0 Å². The average Bonchev–Trinajstić information content (AvgIpc) is 2.72. The molecule has 0 radical (unpaired) electrons. The van der Waals surface area contributed by atoms with Crippen molar-refractivity contribution >= 4 is 11.8 Å². The fourth-order valence-electron chi connectivity index (χ4n) is 3.13. The summed E-state index contributed by atoms with van der Waals surface area (Å²) >= 11 is 1.84. The van der Waals surface area contributed by atoms with Crippen molar-refractivity contribution in [2.45, 2.75) is 76.3 Å². The van der Waals surface area contributed by atoms with Gasteiger partial charge in [-0.2, -0.15) is 0 Å². The van der Waals surface area contributed by atoms with Crippen molar-refractivity contribution in [3.63, 3.8) is 0 Å². The van der Waals surface area contributed by atoms with Crippen molar-refractivity contribution in [1.82, 2.24) is 10.3 Å². The second-order valence-electron chi connectivity index (χ2n) is 5.91. The maximum absolute atomic E-state index is 5.76. The van der Waals surface area contributed by atoms with Crippen molar-refractivity contribution in [3.05, 3.63) is 11.5 Å². The molecule has 4 heteroatoms. The monoisotopic (exact) mass is 296 g/mol. The van der Waals surface area contributed by atoms with Gasteiger partial charge in [-0.3, -0.25) is 0 Å². The highest BCUT2D eigenvalue weighted by atomic mass is 32.2. The molecule has 0 aromatic carbocycles. The van der Waals surface area contributed by atoms with Crippen LogP contribution in [0.25, 0.3) is 0 Å². The lowest BCUT2D eigenvalue weighted by Gasteiger charge is -2.35. The molecule has 0 amide bonds. The second-order valence-corrected chi connectivity index (χ2v) is 7.10. The van der Waals surface area contributed by atoms with Gasteiger partial charge in [-0.05, 0) is 45.6 Å². The minimum Gasteiger partial charge on any atom is -0.437 e. The fourth-order valence-corrected chi connectivity index (χ4v) is 4.52. The Bertz CT molecular complexity index is 399. The molecule has 1 heterocycles. The smallest absolute Gasteiger partial charge is 0.256 e. The minimum absolute atomic E-state index is 0.595. The molecule has 20 heavy (non-hydrogen) atoms. The molecule has 1 aromatic heterocycles. The summed E-state index contributed by atoms with van der Waals surface area (Å²) in [7, 11) is 0. The molecule has 0 saturated heterocycles. The number of hydrogen-bond acceptors (Lipinski definition) is 4. The number of nitrogens with one attached hydrogen (secondary N) is 1. The zero-order chi connectivity index (χ0) is 14.5. The number of nitrogens with zero attached hydrogens (tertiary/aromatic N) is 1. The summed E-state index contributed by atoms with van der Waals surface area (Å²) in [5.74, 6) is 1.83. The predicted octanol–water partition coefficient (Wildman–Crippen LogP) is 4.33. The van der Waals surface area contributed by atoms with E-state index in [0.717, 1.165) is 29.1 Å². The number of hydrogen-bond donors (Lipinski definition) is 1. The van der Waals surface area contributed by atoms with Gasteiger partial charge in [-0.1, -0.05) is 38.5 Å². The third-order valence-corrected chi connectivity index (χ3v) is 5.52. The summed E-state index contributed by atoms with van der Waals surface area (Å²) in [5.41, 5.74) is 1.02. The van der Waals surface area contributed by atoms with Gasteiger partial charge in [0.15, 0.2) is 0 Å². The lowest BCUT2D eigenvalue weighted by Crippen LogP contribution is -2.42. The number of aryl methyl sites for hydroxylation is 2. The highest BCUT2D eigenvalue weighted by Crippen LogP contribution is 2.38. The molecule has 114 valence electrons. The van der Waals surface area contributed by atoms with Crippen molar-refractivity contribution < 1.29 is 4.42 Å². The number of oxazole rings is 1. The molecule has 1 N–H and O–H groups in total. The first-order chi connectivity index (χ1) is 9.63. The normalized spacial score (nSPS) is 26.9. The van der Waals surface area contributed by atoms with Gasteiger partial charge in [0.2, 0.25) is 0 Å². The molecule has 1 aliphatic carbocycles. The molecule has 3 nitrogen and oxygen atoms in total. The van der Waals surface area contributed by atoms with E-state index in [4.69, 9.17) is 4.42 Å². The fraction of sp³-hybridized carbons (Fsp3) is 0.812. The van der Waals surface area contributed by atoms with E-state index in [1.54, 1.807) is 0 Å². The molecule has 1 aromatic rings. The number of rotatable bonds is 6. The van der Waals surface area contributed by atoms with Gasteiger partial charge in [-0.15, -0.1) is 0 Å². The Morgan fingerprint density at radius 2 is 2.10 bits per heavy atom. The van der Waals surface area contributed by atoms with Crippen LogP contribution in [0.4, 0.5) is 0 Å². The molecular weight excluding hydrogens is 268 g/mol. The molecule has 1 aliphatic rings. The third-order valence-electron chi connectivity index (χ3n) is 4.32. The maximum atomic E-state index is 5.76. The Morgan fingerprint density at radius 3 is 2.70 bits per heavy atom. The summed E-state index contributed by atoms with van der Waals surface area (Å²) in [6, 6.07) is 0.602. The van der Waals surface area contributed by atoms with E-state index < -0.39 is 0 Å². The summed E-state index contributed by atoms with van der Waals surface area (Å²) in [6.45, 7) is 9.54. The van der Waals surface area contributed by atoms with Gasteiger partial charge in [0.1, 0.15) is 5.76 Å². The Hall–Kier alpha value is -0.480. The molecule has 0 bridgehead atoms. The van der Waals surface area contributed by atoms with Crippen LogP contribution in [0.5, 0.6) is 0 Å². The molecular formula is C16H28N2OS. The van der Waals surface area contributed by atoms with Crippen LogP contribution in [0.2, 0.25) is 0 Å². The second kappa shape index (κ2) is 7.51. The predicted molar refractivity (Wildman–Crippen MR) is 85.3 cm³/mol. The van der Waals surface area contributed by atoms with Crippen LogP contribution in [0.3, 0.4) is 0 Å². The Morgan fingerprint density at radius 1 is 1.30 bits per heavy atom. The van der Waals surface area contributed by atoms with E-state index in [9.17, 15) is 0 Å². The summed E-state index contributed by atoms with van der Waals surface area (Å²) in [4.78, 5) is 4.54. The van der Waals surface area contributed by atoms with Crippen molar-refractivity contribution in [1.29, 1.82) is 0 Å². The molecule has 3 unspecified atom stereocenters.